The molecule has 0 aromatic carbocycles. The highest BCUT2D eigenvalue weighted by atomic mass is 32.1. The summed E-state index contributed by atoms with van der Waals surface area (Å²) in [5.41, 5.74) is 0. The number of hydrogen-bond acceptors (Lipinski definition) is 5. The van der Waals surface area contributed by atoms with Crippen LogP contribution in [0.1, 0.15) is 24.8 Å². The lowest BCUT2D eigenvalue weighted by Gasteiger charge is -2.15. The number of aliphatic carboxylic acids is 1. The second-order valence-corrected chi connectivity index (χ2v) is 4.62. The number of nitrogens with one attached hydrogen (secondary N) is 1. The molecule has 1 heterocycles. The van der Waals surface area contributed by atoms with Crippen LogP contribution >= 0.6 is 11.3 Å². The monoisotopic (exact) mass is 244 g/mol. The number of nitrogens with zero attached hydrogens (tertiary/aromatic N) is 1. The Balaban J connectivity index is 2.93. The Morgan fingerprint density at radius 2 is 2.19 bits per heavy atom. The highest BCUT2D eigenvalue weighted by Crippen LogP contribution is 2.29. The molecule has 16 heavy (non-hydrogen) atoms. The predicted molar refractivity (Wildman–Crippen MR) is 59.6 cm³/mol. The maximum atomic E-state index is 11.0. The normalized spacial score (nSPS) is 12.7. The van der Waals surface area contributed by atoms with Crippen LogP contribution in [0, 0.1) is 10.1 Å². The van der Waals surface area contributed by atoms with Crippen LogP contribution in [0.15, 0.2) is 12.1 Å². The van der Waals surface area contributed by atoms with Crippen LogP contribution in [-0.2, 0) is 4.79 Å². The Morgan fingerprint density at radius 3 is 2.56 bits per heavy atom. The lowest BCUT2D eigenvalue weighted by Crippen LogP contribution is -2.32. The average molecular weight is 244 g/mol. The van der Waals surface area contributed by atoms with Crippen molar-refractivity contribution < 1.29 is 14.8 Å². The van der Waals surface area contributed by atoms with E-state index in [4.69, 9.17) is 5.11 Å². The van der Waals surface area contributed by atoms with Crippen LogP contribution in [0.25, 0.3) is 0 Å². The SMILES string of the molecule is CC(C)NC(C(=O)O)c1ccc([N+](=O)[O-])s1. The van der Waals surface area contributed by atoms with Gasteiger partial charge in [-0.3, -0.25) is 20.2 Å². The molecular formula is C9H12N2O4S. The van der Waals surface area contributed by atoms with Gasteiger partial charge in [-0.25, -0.2) is 0 Å². The zero-order valence-corrected chi connectivity index (χ0v) is 9.65. The first kappa shape index (κ1) is 12.6. The van der Waals surface area contributed by atoms with E-state index in [0.29, 0.717) is 4.88 Å². The predicted octanol–water partition coefficient (Wildman–Crippen LogP) is 1.78. The molecule has 0 aliphatic carbocycles. The van der Waals surface area contributed by atoms with E-state index in [1.807, 2.05) is 13.8 Å². The molecule has 0 fully saturated rings. The van der Waals surface area contributed by atoms with Gasteiger partial charge in [-0.05, 0) is 19.9 Å². The Kier molecular flexibility index (Phi) is 3.97. The van der Waals surface area contributed by atoms with E-state index in [-0.39, 0.29) is 11.0 Å². The van der Waals surface area contributed by atoms with Crippen LogP contribution in [0.2, 0.25) is 0 Å². The number of rotatable bonds is 5. The zero-order valence-electron chi connectivity index (χ0n) is 8.84. The smallest absolute Gasteiger partial charge is 0.326 e. The largest absolute Gasteiger partial charge is 0.480 e. The Labute approximate surface area is 96.1 Å². The van der Waals surface area contributed by atoms with E-state index in [1.165, 1.54) is 12.1 Å². The zero-order chi connectivity index (χ0) is 12.3. The quantitative estimate of drug-likeness (QED) is 0.608. The molecule has 0 saturated carbocycles. The van der Waals surface area contributed by atoms with Gasteiger partial charge in [-0.1, -0.05) is 11.3 Å². The van der Waals surface area contributed by atoms with Crippen molar-refractivity contribution in [3.63, 3.8) is 0 Å². The van der Waals surface area contributed by atoms with E-state index in [0.717, 1.165) is 11.3 Å². The van der Waals surface area contributed by atoms with Gasteiger partial charge in [0.25, 0.3) is 0 Å². The second-order valence-electron chi connectivity index (χ2n) is 3.53. The molecule has 88 valence electrons. The summed E-state index contributed by atoms with van der Waals surface area (Å²) in [5.74, 6) is -1.04. The van der Waals surface area contributed by atoms with Crippen LogP contribution < -0.4 is 5.32 Å². The molecule has 1 rings (SSSR count). The highest BCUT2D eigenvalue weighted by molar-refractivity contribution is 7.15. The minimum absolute atomic E-state index is 0.0118. The van der Waals surface area contributed by atoms with Crippen molar-refractivity contribution in [2.45, 2.75) is 25.9 Å². The summed E-state index contributed by atoms with van der Waals surface area (Å²) in [7, 11) is 0. The lowest BCUT2D eigenvalue weighted by atomic mass is 10.2. The molecule has 0 saturated heterocycles. The molecule has 7 heteroatoms. The molecule has 0 aliphatic heterocycles. The summed E-state index contributed by atoms with van der Waals surface area (Å²) in [6, 6.07) is 1.88. The molecule has 0 spiro atoms. The van der Waals surface area contributed by atoms with Crippen molar-refractivity contribution in [2.75, 3.05) is 0 Å². The molecule has 0 bridgehead atoms. The maximum Gasteiger partial charge on any atom is 0.326 e. The van der Waals surface area contributed by atoms with Crippen molar-refractivity contribution in [3.8, 4) is 0 Å². The van der Waals surface area contributed by atoms with Crippen LogP contribution in [0.3, 0.4) is 0 Å². The topological polar surface area (TPSA) is 92.5 Å². The first-order valence-corrected chi connectivity index (χ1v) is 5.46. The van der Waals surface area contributed by atoms with Gasteiger partial charge in [0.05, 0.1) is 4.92 Å². The Bertz CT molecular complexity index is 402. The Hall–Kier alpha value is -1.47. The molecule has 1 aromatic heterocycles. The summed E-state index contributed by atoms with van der Waals surface area (Å²) in [4.78, 5) is 21.4. The fourth-order valence-electron chi connectivity index (χ4n) is 1.20. The number of hydrogen-bond donors (Lipinski definition) is 2. The van der Waals surface area contributed by atoms with Crippen molar-refractivity contribution in [3.05, 3.63) is 27.1 Å². The van der Waals surface area contributed by atoms with Crippen molar-refractivity contribution in [1.82, 2.24) is 5.32 Å². The summed E-state index contributed by atoms with van der Waals surface area (Å²) in [6.07, 6.45) is 0. The van der Waals surface area contributed by atoms with Crippen LogP contribution in [0.4, 0.5) is 5.00 Å². The fraction of sp³-hybridized carbons (Fsp3) is 0.444. The molecule has 6 nitrogen and oxygen atoms in total. The number of thiophene rings is 1. The first-order chi connectivity index (χ1) is 7.41. The van der Waals surface area contributed by atoms with Crippen molar-refractivity contribution in [1.29, 1.82) is 0 Å². The molecular weight excluding hydrogens is 232 g/mol. The third-order valence-electron chi connectivity index (χ3n) is 1.82. The number of carboxylic acids is 1. The van der Waals surface area contributed by atoms with Crippen LogP contribution in [0.5, 0.6) is 0 Å². The Morgan fingerprint density at radius 1 is 1.56 bits per heavy atom. The number of carboxylic acid groups (broad SMARTS) is 1. The van der Waals surface area contributed by atoms with E-state index < -0.39 is 16.9 Å². The lowest BCUT2D eigenvalue weighted by molar-refractivity contribution is -0.380. The van der Waals surface area contributed by atoms with Gasteiger partial charge in [-0.15, -0.1) is 0 Å². The third kappa shape index (κ3) is 3.01. The van der Waals surface area contributed by atoms with Gasteiger partial charge in [0.1, 0.15) is 6.04 Å². The minimum atomic E-state index is -1.04. The molecule has 0 aliphatic rings. The maximum absolute atomic E-state index is 11.0. The van der Waals surface area contributed by atoms with E-state index >= 15 is 0 Å². The molecule has 1 atom stereocenters. The molecule has 2 N–H and O–H groups in total. The fourth-order valence-corrected chi connectivity index (χ4v) is 2.08. The van der Waals surface area contributed by atoms with Crippen molar-refractivity contribution >= 4 is 22.3 Å². The summed E-state index contributed by atoms with van der Waals surface area (Å²) >= 11 is 0.877. The van der Waals surface area contributed by atoms with Gasteiger partial charge in [0.15, 0.2) is 0 Å². The van der Waals surface area contributed by atoms with E-state index in [1.54, 1.807) is 0 Å². The average Bonchev–Trinajstić information content (AvgIpc) is 2.61. The minimum Gasteiger partial charge on any atom is -0.480 e. The van der Waals surface area contributed by atoms with Gasteiger partial charge in [0.2, 0.25) is 0 Å². The summed E-state index contributed by atoms with van der Waals surface area (Å²) in [5, 5.41) is 22.3. The molecule has 0 radical (unpaired) electrons. The standard InChI is InChI=1S/C9H12N2O4S/c1-5(2)10-8(9(12)13)6-3-4-7(16-6)11(14)15/h3-5,8,10H,1-2H3,(H,12,13). The van der Waals surface area contributed by atoms with Crippen LogP contribution in [-0.4, -0.2) is 22.0 Å². The number of carbonyl (C=O) groups is 1. The third-order valence-corrected chi connectivity index (χ3v) is 2.93. The molecule has 0 amide bonds. The molecule has 1 unspecified atom stereocenters. The van der Waals surface area contributed by atoms with Gasteiger partial charge < -0.3 is 5.11 Å². The van der Waals surface area contributed by atoms with Gasteiger partial charge in [-0.2, -0.15) is 0 Å². The van der Waals surface area contributed by atoms with Gasteiger partial charge >= 0.3 is 11.0 Å². The number of nitro groups is 1. The molecule has 1 aromatic rings. The van der Waals surface area contributed by atoms with Crippen molar-refractivity contribution in [2.24, 2.45) is 0 Å². The summed E-state index contributed by atoms with van der Waals surface area (Å²) < 4.78 is 0. The van der Waals surface area contributed by atoms with E-state index in [2.05, 4.69) is 5.32 Å². The highest BCUT2D eigenvalue weighted by Gasteiger charge is 2.24. The second kappa shape index (κ2) is 5.04. The van der Waals surface area contributed by atoms with E-state index in [9.17, 15) is 14.9 Å². The summed E-state index contributed by atoms with van der Waals surface area (Å²) in [6.45, 7) is 3.63. The first-order valence-electron chi connectivity index (χ1n) is 4.64. The van der Waals surface area contributed by atoms with Gasteiger partial charge in [0, 0.05) is 17.0 Å².